The quantitative estimate of drug-likeness (QED) is 0.849. The number of ether oxygens (including phenoxy) is 1. The fourth-order valence-electron chi connectivity index (χ4n) is 1.98. The number of rotatable bonds is 4. The van der Waals surface area contributed by atoms with E-state index >= 15 is 0 Å². The topological polar surface area (TPSA) is 34.1 Å². The summed E-state index contributed by atoms with van der Waals surface area (Å²) in [6.07, 6.45) is 1.67. The number of aryl methyl sites for hydroxylation is 1. The van der Waals surface area contributed by atoms with Gasteiger partial charge >= 0.3 is 0 Å². The van der Waals surface area contributed by atoms with E-state index in [2.05, 4.69) is 29.4 Å². The molecule has 100 valence electrons. The first kappa shape index (κ1) is 13.7. The molecule has 0 spiro atoms. The van der Waals surface area contributed by atoms with Crippen LogP contribution in [0.15, 0.2) is 36.5 Å². The predicted octanol–water partition coefficient (Wildman–Crippen LogP) is 4.23. The molecular formula is C15H17ClN2O. The summed E-state index contributed by atoms with van der Waals surface area (Å²) in [5.74, 6) is 0.875. The second kappa shape index (κ2) is 5.93. The van der Waals surface area contributed by atoms with E-state index in [1.165, 1.54) is 5.56 Å². The van der Waals surface area contributed by atoms with Crippen molar-refractivity contribution in [1.82, 2.24) is 4.98 Å². The molecular weight excluding hydrogens is 260 g/mol. The van der Waals surface area contributed by atoms with E-state index in [-0.39, 0.29) is 6.04 Å². The van der Waals surface area contributed by atoms with Crippen LogP contribution in [0.25, 0.3) is 0 Å². The van der Waals surface area contributed by atoms with Gasteiger partial charge in [0.2, 0.25) is 0 Å². The van der Waals surface area contributed by atoms with E-state index < -0.39 is 0 Å². The van der Waals surface area contributed by atoms with Gasteiger partial charge in [0.05, 0.1) is 18.8 Å². The highest BCUT2D eigenvalue weighted by Crippen LogP contribution is 2.30. The zero-order chi connectivity index (χ0) is 13.8. The molecule has 2 rings (SSSR count). The van der Waals surface area contributed by atoms with Crippen LogP contribution in [0.2, 0.25) is 5.15 Å². The van der Waals surface area contributed by atoms with Gasteiger partial charge in [0, 0.05) is 11.8 Å². The Balaban J connectivity index is 2.25. The number of hydrogen-bond acceptors (Lipinski definition) is 3. The molecule has 0 saturated carbocycles. The lowest BCUT2D eigenvalue weighted by Gasteiger charge is -2.19. The lowest BCUT2D eigenvalue weighted by molar-refractivity contribution is 0.407. The Labute approximate surface area is 118 Å². The summed E-state index contributed by atoms with van der Waals surface area (Å²) >= 11 is 6.05. The van der Waals surface area contributed by atoms with Crippen molar-refractivity contribution in [2.45, 2.75) is 19.9 Å². The summed E-state index contributed by atoms with van der Waals surface area (Å²) in [6, 6.07) is 10.0. The van der Waals surface area contributed by atoms with Gasteiger partial charge in [-0.15, -0.1) is 0 Å². The lowest BCUT2D eigenvalue weighted by atomic mass is 10.0. The van der Waals surface area contributed by atoms with Crippen molar-refractivity contribution in [3.63, 3.8) is 0 Å². The van der Waals surface area contributed by atoms with Crippen LogP contribution in [0.5, 0.6) is 5.75 Å². The molecule has 3 nitrogen and oxygen atoms in total. The molecule has 1 aromatic heterocycles. The zero-order valence-electron chi connectivity index (χ0n) is 11.3. The van der Waals surface area contributed by atoms with Crippen LogP contribution in [0.3, 0.4) is 0 Å². The van der Waals surface area contributed by atoms with Gasteiger partial charge in [-0.05, 0) is 37.6 Å². The minimum absolute atomic E-state index is 0.0808. The van der Waals surface area contributed by atoms with E-state index in [4.69, 9.17) is 16.3 Å². The van der Waals surface area contributed by atoms with Crippen molar-refractivity contribution in [2.24, 2.45) is 0 Å². The van der Waals surface area contributed by atoms with E-state index in [1.54, 1.807) is 13.3 Å². The van der Waals surface area contributed by atoms with Crippen LogP contribution < -0.4 is 10.1 Å². The molecule has 1 N–H and O–H groups in total. The molecule has 0 aliphatic rings. The van der Waals surface area contributed by atoms with E-state index in [9.17, 15) is 0 Å². The number of halogens is 1. The maximum absolute atomic E-state index is 6.05. The third-order valence-corrected chi connectivity index (χ3v) is 3.29. The minimum atomic E-state index is 0.0808. The number of methoxy groups -OCH3 is 1. The van der Waals surface area contributed by atoms with Crippen molar-refractivity contribution in [2.75, 3.05) is 12.4 Å². The fourth-order valence-corrected chi connectivity index (χ4v) is 2.15. The highest BCUT2D eigenvalue weighted by Gasteiger charge is 2.12. The molecule has 0 bridgehead atoms. The smallest absolute Gasteiger partial charge is 0.152 e. The van der Waals surface area contributed by atoms with Crippen LogP contribution in [0.1, 0.15) is 24.1 Å². The maximum Gasteiger partial charge on any atom is 0.152 e. The van der Waals surface area contributed by atoms with E-state index in [0.717, 1.165) is 17.0 Å². The summed E-state index contributed by atoms with van der Waals surface area (Å²) < 4.78 is 5.43. The van der Waals surface area contributed by atoms with Gasteiger partial charge in [0.15, 0.2) is 5.15 Å². The first-order chi connectivity index (χ1) is 9.11. The van der Waals surface area contributed by atoms with Crippen molar-refractivity contribution in [3.8, 4) is 5.75 Å². The van der Waals surface area contributed by atoms with Gasteiger partial charge < -0.3 is 10.1 Å². The second-order valence-corrected chi connectivity index (χ2v) is 4.81. The standard InChI is InChI=1S/C15H17ClN2O/c1-10-6-7-12(14(9-10)19-3)11(2)18-13-5-4-8-17-15(13)16/h4-9,11,18H,1-3H3. The fraction of sp³-hybridized carbons (Fsp3) is 0.267. The Morgan fingerprint density at radius 2 is 2.11 bits per heavy atom. The Bertz CT molecular complexity index is 572. The molecule has 0 radical (unpaired) electrons. The average molecular weight is 277 g/mol. The van der Waals surface area contributed by atoms with Gasteiger partial charge in [0.1, 0.15) is 5.75 Å². The molecule has 0 aliphatic carbocycles. The SMILES string of the molecule is COc1cc(C)ccc1C(C)Nc1cccnc1Cl. The Hall–Kier alpha value is -1.74. The summed E-state index contributed by atoms with van der Waals surface area (Å²) in [7, 11) is 1.68. The number of pyridine rings is 1. The molecule has 0 saturated heterocycles. The van der Waals surface area contributed by atoms with Crippen molar-refractivity contribution in [1.29, 1.82) is 0 Å². The zero-order valence-corrected chi connectivity index (χ0v) is 12.0. The van der Waals surface area contributed by atoms with Gasteiger partial charge in [-0.2, -0.15) is 0 Å². The molecule has 4 heteroatoms. The normalized spacial score (nSPS) is 12.0. The highest BCUT2D eigenvalue weighted by molar-refractivity contribution is 6.31. The minimum Gasteiger partial charge on any atom is -0.496 e. The molecule has 1 unspecified atom stereocenters. The van der Waals surface area contributed by atoms with Crippen molar-refractivity contribution in [3.05, 3.63) is 52.8 Å². The number of benzene rings is 1. The van der Waals surface area contributed by atoms with Crippen LogP contribution in [-0.2, 0) is 0 Å². The van der Waals surface area contributed by atoms with Crippen molar-refractivity contribution < 1.29 is 4.74 Å². The molecule has 1 aromatic carbocycles. The van der Waals surface area contributed by atoms with Crippen LogP contribution in [0, 0.1) is 6.92 Å². The summed E-state index contributed by atoms with van der Waals surface area (Å²) in [6.45, 7) is 4.11. The predicted molar refractivity (Wildman–Crippen MR) is 79.0 cm³/mol. The largest absolute Gasteiger partial charge is 0.496 e. The Morgan fingerprint density at radius 1 is 1.32 bits per heavy atom. The van der Waals surface area contributed by atoms with Crippen molar-refractivity contribution >= 4 is 17.3 Å². The molecule has 2 aromatic rings. The lowest BCUT2D eigenvalue weighted by Crippen LogP contribution is -2.09. The number of nitrogens with one attached hydrogen (secondary N) is 1. The third kappa shape index (κ3) is 3.18. The molecule has 1 atom stereocenters. The summed E-state index contributed by atoms with van der Waals surface area (Å²) in [5.41, 5.74) is 3.08. The van der Waals surface area contributed by atoms with Crippen LogP contribution >= 0.6 is 11.6 Å². The molecule has 19 heavy (non-hydrogen) atoms. The summed E-state index contributed by atoms with van der Waals surface area (Å²) in [5, 5.41) is 3.82. The average Bonchev–Trinajstić information content (AvgIpc) is 2.41. The molecule has 0 amide bonds. The van der Waals surface area contributed by atoms with E-state index in [1.807, 2.05) is 25.1 Å². The highest BCUT2D eigenvalue weighted by atomic mass is 35.5. The Morgan fingerprint density at radius 3 is 2.79 bits per heavy atom. The number of aromatic nitrogens is 1. The van der Waals surface area contributed by atoms with Gasteiger partial charge in [-0.1, -0.05) is 23.7 Å². The molecule has 0 aliphatic heterocycles. The van der Waals surface area contributed by atoms with Gasteiger partial charge in [0.25, 0.3) is 0 Å². The monoisotopic (exact) mass is 276 g/mol. The second-order valence-electron chi connectivity index (χ2n) is 4.45. The first-order valence-electron chi connectivity index (χ1n) is 6.13. The first-order valence-corrected chi connectivity index (χ1v) is 6.51. The maximum atomic E-state index is 6.05. The third-order valence-electron chi connectivity index (χ3n) is 2.99. The summed E-state index contributed by atoms with van der Waals surface area (Å²) in [4.78, 5) is 4.05. The van der Waals surface area contributed by atoms with Gasteiger partial charge in [-0.3, -0.25) is 0 Å². The molecule has 0 fully saturated rings. The van der Waals surface area contributed by atoms with Crippen LogP contribution in [0.4, 0.5) is 5.69 Å². The Kier molecular flexibility index (Phi) is 4.27. The van der Waals surface area contributed by atoms with Crippen LogP contribution in [-0.4, -0.2) is 12.1 Å². The number of anilines is 1. The number of hydrogen-bond donors (Lipinski definition) is 1. The molecule has 1 heterocycles. The van der Waals surface area contributed by atoms with E-state index in [0.29, 0.717) is 5.15 Å². The van der Waals surface area contributed by atoms with Gasteiger partial charge in [-0.25, -0.2) is 4.98 Å². The number of nitrogens with zero attached hydrogens (tertiary/aromatic N) is 1.